The molecule has 4 rings (SSSR count). The standard InChI is InChI=1S/C14H13N5S3/c1-9-2-4-10(5-3-9)12-18-19-11(16-17-13(19)22-12)8-21-14-15-6-7-20-14/h2-5H,6-8H2,1H3. The summed E-state index contributed by atoms with van der Waals surface area (Å²) in [7, 11) is 0. The summed E-state index contributed by atoms with van der Waals surface area (Å²) >= 11 is 5.10. The van der Waals surface area contributed by atoms with Gasteiger partial charge in [-0.15, -0.1) is 10.2 Å². The molecule has 1 aliphatic heterocycles. The molecule has 22 heavy (non-hydrogen) atoms. The van der Waals surface area contributed by atoms with Gasteiger partial charge < -0.3 is 0 Å². The highest BCUT2D eigenvalue weighted by Gasteiger charge is 2.15. The summed E-state index contributed by atoms with van der Waals surface area (Å²) in [6.07, 6.45) is 0. The second-order valence-corrected chi connectivity index (χ2v) is 8.13. The van der Waals surface area contributed by atoms with E-state index in [9.17, 15) is 0 Å². The number of aliphatic imine (C=N–C) groups is 1. The molecule has 1 aliphatic rings. The zero-order chi connectivity index (χ0) is 14.9. The molecule has 0 amide bonds. The van der Waals surface area contributed by atoms with Crippen molar-refractivity contribution < 1.29 is 0 Å². The third-order valence-corrected chi connectivity index (χ3v) is 6.43. The Morgan fingerprint density at radius 3 is 2.86 bits per heavy atom. The zero-order valence-corrected chi connectivity index (χ0v) is 14.3. The van der Waals surface area contributed by atoms with Crippen LogP contribution in [0.25, 0.3) is 15.5 Å². The van der Waals surface area contributed by atoms with Crippen LogP contribution < -0.4 is 0 Å². The van der Waals surface area contributed by atoms with Crippen molar-refractivity contribution in [2.45, 2.75) is 12.7 Å². The minimum absolute atomic E-state index is 0.754. The lowest BCUT2D eigenvalue weighted by atomic mass is 10.2. The first-order valence-electron chi connectivity index (χ1n) is 6.88. The molecule has 0 radical (unpaired) electrons. The van der Waals surface area contributed by atoms with Gasteiger partial charge in [0.2, 0.25) is 4.96 Å². The molecule has 0 unspecified atom stereocenters. The van der Waals surface area contributed by atoms with Crippen molar-refractivity contribution in [2.24, 2.45) is 4.99 Å². The Hall–Kier alpha value is -1.38. The number of hydrogen-bond donors (Lipinski definition) is 0. The molecule has 0 saturated heterocycles. The number of nitrogens with zero attached hydrogens (tertiary/aromatic N) is 5. The van der Waals surface area contributed by atoms with Crippen LogP contribution in [0.5, 0.6) is 0 Å². The summed E-state index contributed by atoms with van der Waals surface area (Å²) in [6, 6.07) is 8.40. The minimum Gasteiger partial charge on any atom is -0.271 e. The van der Waals surface area contributed by atoms with Crippen molar-refractivity contribution in [2.75, 3.05) is 12.3 Å². The molecule has 3 aromatic rings. The number of hydrogen-bond acceptors (Lipinski definition) is 7. The Morgan fingerprint density at radius 1 is 1.23 bits per heavy atom. The van der Waals surface area contributed by atoms with Gasteiger partial charge in [0.15, 0.2) is 5.82 Å². The molecule has 5 nitrogen and oxygen atoms in total. The quantitative estimate of drug-likeness (QED) is 0.726. The first-order chi connectivity index (χ1) is 10.8. The molecule has 112 valence electrons. The highest BCUT2D eigenvalue weighted by atomic mass is 32.2. The van der Waals surface area contributed by atoms with Crippen LogP contribution >= 0.6 is 34.9 Å². The predicted octanol–water partition coefficient (Wildman–Crippen LogP) is 3.50. The first-order valence-corrected chi connectivity index (χ1v) is 9.66. The summed E-state index contributed by atoms with van der Waals surface area (Å²) in [5.41, 5.74) is 2.37. The van der Waals surface area contributed by atoms with Crippen molar-refractivity contribution in [3.63, 3.8) is 0 Å². The lowest BCUT2D eigenvalue weighted by Gasteiger charge is -1.98. The molecule has 0 aliphatic carbocycles. The Morgan fingerprint density at radius 2 is 2.09 bits per heavy atom. The van der Waals surface area contributed by atoms with Gasteiger partial charge in [0, 0.05) is 11.3 Å². The van der Waals surface area contributed by atoms with Crippen LogP contribution in [-0.4, -0.2) is 36.5 Å². The van der Waals surface area contributed by atoms with Crippen LogP contribution in [0.3, 0.4) is 0 Å². The maximum Gasteiger partial charge on any atom is 0.235 e. The Labute approximate surface area is 140 Å². The van der Waals surface area contributed by atoms with E-state index in [1.807, 2.05) is 16.3 Å². The second kappa shape index (κ2) is 6.02. The molecule has 2 aromatic heterocycles. The molecular weight excluding hydrogens is 334 g/mol. The summed E-state index contributed by atoms with van der Waals surface area (Å²) in [5.74, 6) is 2.72. The molecule has 8 heteroatoms. The molecular formula is C14H13N5S3. The maximum atomic E-state index is 4.67. The van der Waals surface area contributed by atoms with Gasteiger partial charge in [-0.2, -0.15) is 9.61 Å². The predicted molar refractivity (Wildman–Crippen MR) is 94.9 cm³/mol. The monoisotopic (exact) mass is 347 g/mol. The van der Waals surface area contributed by atoms with E-state index in [-0.39, 0.29) is 0 Å². The van der Waals surface area contributed by atoms with Gasteiger partial charge in [-0.1, -0.05) is 64.7 Å². The Balaban J connectivity index is 1.59. The van der Waals surface area contributed by atoms with E-state index < -0.39 is 0 Å². The fourth-order valence-corrected chi connectivity index (χ4v) is 4.87. The summed E-state index contributed by atoms with van der Waals surface area (Å²) in [6.45, 7) is 3.01. The van der Waals surface area contributed by atoms with Crippen LogP contribution in [0, 0.1) is 6.92 Å². The van der Waals surface area contributed by atoms with Gasteiger partial charge in [0.25, 0.3) is 0 Å². The molecule has 3 heterocycles. The molecule has 0 atom stereocenters. The van der Waals surface area contributed by atoms with Crippen molar-refractivity contribution >= 4 is 44.2 Å². The fourth-order valence-electron chi connectivity index (χ4n) is 2.09. The smallest absolute Gasteiger partial charge is 0.235 e. The van der Waals surface area contributed by atoms with Gasteiger partial charge >= 0.3 is 0 Å². The SMILES string of the molecule is Cc1ccc(-c2nn3c(CSC4=NCCS4)nnc3s2)cc1. The second-order valence-electron chi connectivity index (χ2n) is 4.87. The van der Waals surface area contributed by atoms with E-state index in [2.05, 4.69) is 51.5 Å². The van der Waals surface area contributed by atoms with Crippen molar-refractivity contribution in [3.8, 4) is 10.6 Å². The van der Waals surface area contributed by atoms with E-state index in [4.69, 9.17) is 0 Å². The van der Waals surface area contributed by atoms with Gasteiger partial charge in [-0.3, -0.25) is 4.99 Å². The van der Waals surface area contributed by atoms with Crippen LogP contribution in [0.15, 0.2) is 29.3 Å². The topological polar surface area (TPSA) is 55.4 Å². The van der Waals surface area contributed by atoms with E-state index in [1.54, 1.807) is 23.1 Å². The first kappa shape index (κ1) is 14.2. The molecule has 0 N–H and O–H groups in total. The maximum absolute atomic E-state index is 4.67. The molecule has 0 spiro atoms. The number of aromatic nitrogens is 4. The number of benzene rings is 1. The Kier molecular flexibility index (Phi) is 3.89. The zero-order valence-electron chi connectivity index (χ0n) is 11.9. The molecule has 0 bridgehead atoms. The van der Waals surface area contributed by atoms with Crippen molar-refractivity contribution in [1.82, 2.24) is 19.8 Å². The van der Waals surface area contributed by atoms with Crippen molar-refractivity contribution in [1.29, 1.82) is 0 Å². The van der Waals surface area contributed by atoms with E-state index >= 15 is 0 Å². The van der Waals surface area contributed by atoms with Gasteiger partial charge in [0.05, 0.1) is 12.3 Å². The highest BCUT2D eigenvalue weighted by Crippen LogP contribution is 2.28. The van der Waals surface area contributed by atoms with Gasteiger partial charge in [-0.05, 0) is 6.92 Å². The normalized spacial score (nSPS) is 14.7. The van der Waals surface area contributed by atoms with Crippen LogP contribution in [0.4, 0.5) is 0 Å². The highest BCUT2D eigenvalue weighted by molar-refractivity contribution is 8.38. The Bertz CT molecular complexity index is 834. The summed E-state index contributed by atoms with van der Waals surface area (Å²) in [4.78, 5) is 5.28. The third kappa shape index (κ3) is 2.78. The number of aryl methyl sites for hydroxylation is 1. The minimum atomic E-state index is 0.754. The van der Waals surface area contributed by atoms with E-state index in [1.165, 1.54) is 5.56 Å². The van der Waals surface area contributed by atoms with Crippen molar-refractivity contribution in [3.05, 3.63) is 35.7 Å². The van der Waals surface area contributed by atoms with Crippen LogP contribution in [-0.2, 0) is 5.75 Å². The fraction of sp³-hybridized carbons (Fsp3) is 0.286. The van der Waals surface area contributed by atoms with Crippen LogP contribution in [0.2, 0.25) is 0 Å². The largest absolute Gasteiger partial charge is 0.271 e. The van der Waals surface area contributed by atoms with Crippen LogP contribution in [0.1, 0.15) is 11.4 Å². The molecule has 1 aromatic carbocycles. The van der Waals surface area contributed by atoms with Gasteiger partial charge in [-0.25, -0.2) is 0 Å². The third-order valence-electron chi connectivity index (χ3n) is 3.24. The lowest BCUT2D eigenvalue weighted by molar-refractivity contribution is 0.888. The van der Waals surface area contributed by atoms with E-state index in [0.717, 1.165) is 43.8 Å². The lowest BCUT2D eigenvalue weighted by Crippen LogP contribution is -1.95. The number of fused-ring (bicyclic) bond motifs is 1. The average molecular weight is 347 g/mol. The molecule has 0 saturated carbocycles. The molecule has 0 fully saturated rings. The summed E-state index contributed by atoms with van der Waals surface area (Å²) < 4.78 is 3.00. The number of rotatable bonds is 3. The summed E-state index contributed by atoms with van der Waals surface area (Å²) in [5, 5.41) is 14.1. The average Bonchev–Trinajstić information content (AvgIpc) is 3.23. The number of thioether (sulfide) groups is 2. The van der Waals surface area contributed by atoms with E-state index in [0.29, 0.717) is 0 Å². The van der Waals surface area contributed by atoms with Gasteiger partial charge in [0.1, 0.15) is 9.38 Å².